The van der Waals surface area contributed by atoms with Crippen LogP contribution in [0.25, 0.3) is 0 Å². The van der Waals surface area contributed by atoms with Gasteiger partial charge in [0.2, 0.25) is 0 Å². The first-order chi connectivity index (χ1) is 11.1. The third-order valence-electron chi connectivity index (χ3n) is 4.11. The summed E-state index contributed by atoms with van der Waals surface area (Å²) < 4.78 is 0. The topological polar surface area (TPSA) is 91.0 Å². The molecule has 0 saturated carbocycles. The lowest BCUT2D eigenvalue weighted by atomic mass is 10.00. The predicted molar refractivity (Wildman–Crippen MR) is 107 cm³/mol. The fourth-order valence-corrected chi connectivity index (χ4v) is 2.56. The summed E-state index contributed by atoms with van der Waals surface area (Å²) in [7, 11) is 0. The van der Waals surface area contributed by atoms with Crippen molar-refractivity contribution < 1.29 is 9.90 Å². The van der Waals surface area contributed by atoms with Crippen LogP contribution in [-0.2, 0) is 0 Å². The van der Waals surface area contributed by atoms with Gasteiger partial charge < -0.3 is 21.1 Å². The average molecular weight is 446 g/mol. The molecule has 2 rings (SSSR count). The Labute approximate surface area is 160 Å². The monoisotopic (exact) mass is 446 g/mol. The molecule has 0 unspecified atom stereocenters. The number of benzene rings is 1. The Morgan fingerprint density at radius 3 is 2.79 bits per heavy atom. The Bertz CT molecular complexity index is 557. The lowest BCUT2D eigenvalue weighted by molar-refractivity contribution is 0.0953. The molecule has 1 saturated heterocycles. The van der Waals surface area contributed by atoms with Crippen LogP contribution in [0, 0.1) is 5.92 Å². The minimum atomic E-state index is -0.192. The number of hydrogen-bond acceptors (Lipinski definition) is 3. The largest absolute Gasteiger partial charge is 0.508 e. The third-order valence-corrected chi connectivity index (χ3v) is 4.11. The molecule has 0 aliphatic carbocycles. The van der Waals surface area contributed by atoms with Gasteiger partial charge in [-0.1, -0.05) is 13.0 Å². The number of piperidine rings is 1. The zero-order valence-electron chi connectivity index (χ0n) is 14.1. The number of carbonyl (C=O) groups is 1. The molecule has 4 N–H and O–H groups in total. The number of aliphatic imine (C=N–C) groups is 1. The molecule has 24 heavy (non-hydrogen) atoms. The molecule has 0 bridgehead atoms. The second-order valence-corrected chi connectivity index (χ2v) is 6.07. The maximum absolute atomic E-state index is 11.9. The Hall–Kier alpha value is -1.51. The summed E-state index contributed by atoms with van der Waals surface area (Å²) in [6.07, 6.45) is 3.06. The number of nitrogens with two attached hydrogens (primary N) is 1. The van der Waals surface area contributed by atoms with Gasteiger partial charge in [-0.3, -0.25) is 9.79 Å². The van der Waals surface area contributed by atoms with Gasteiger partial charge in [-0.25, -0.2) is 0 Å². The molecule has 1 aliphatic rings. The maximum atomic E-state index is 11.9. The molecule has 7 heteroatoms. The number of aromatic hydroxyl groups is 1. The number of phenolic OH excluding ortho intramolecular Hbond substituents is 1. The van der Waals surface area contributed by atoms with Gasteiger partial charge in [0.1, 0.15) is 5.75 Å². The van der Waals surface area contributed by atoms with E-state index < -0.39 is 0 Å². The van der Waals surface area contributed by atoms with Crippen LogP contribution in [0.5, 0.6) is 5.75 Å². The number of amides is 1. The van der Waals surface area contributed by atoms with E-state index >= 15 is 0 Å². The molecule has 1 aliphatic heterocycles. The van der Waals surface area contributed by atoms with E-state index in [0.29, 0.717) is 24.6 Å². The number of rotatable bonds is 5. The van der Waals surface area contributed by atoms with Gasteiger partial charge in [0.15, 0.2) is 5.96 Å². The zero-order valence-corrected chi connectivity index (χ0v) is 16.4. The number of nitrogens with zero attached hydrogens (tertiary/aromatic N) is 2. The van der Waals surface area contributed by atoms with E-state index in [0.717, 1.165) is 38.3 Å². The molecule has 6 nitrogen and oxygen atoms in total. The predicted octanol–water partition coefficient (Wildman–Crippen LogP) is 2.18. The van der Waals surface area contributed by atoms with Gasteiger partial charge in [-0.05, 0) is 43.4 Å². The van der Waals surface area contributed by atoms with Crippen LogP contribution in [0.15, 0.2) is 29.3 Å². The summed E-state index contributed by atoms with van der Waals surface area (Å²) in [5.74, 6) is 1.27. The van der Waals surface area contributed by atoms with Crippen LogP contribution in [0.2, 0.25) is 0 Å². The molecular weight excluding hydrogens is 419 g/mol. The first kappa shape index (κ1) is 20.5. The lowest BCUT2D eigenvalue weighted by Crippen LogP contribution is -2.42. The van der Waals surface area contributed by atoms with Crippen LogP contribution >= 0.6 is 24.0 Å². The number of nitrogens with one attached hydrogen (secondary N) is 1. The van der Waals surface area contributed by atoms with Crippen LogP contribution in [0.3, 0.4) is 0 Å². The van der Waals surface area contributed by atoms with Gasteiger partial charge in [-0.2, -0.15) is 0 Å². The van der Waals surface area contributed by atoms with Crippen molar-refractivity contribution in [3.8, 4) is 5.75 Å². The minimum Gasteiger partial charge on any atom is -0.508 e. The van der Waals surface area contributed by atoms with Crippen molar-refractivity contribution in [3.63, 3.8) is 0 Å². The molecule has 0 aromatic heterocycles. The van der Waals surface area contributed by atoms with Crippen LogP contribution < -0.4 is 11.1 Å². The maximum Gasteiger partial charge on any atom is 0.251 e. The van der Waals surface area contributed by atoms with Gasteiger partial charge in [0.25, 0.3) is 5.91 Å². The molecule has 1 amide bonds. The average Bonchev–Trinajstić information content (AvgIpc) is 2.54. The van der Waals surface area contributed by atoms with Crippen LogP contribution in [-0.4, -0.2) is 48.1 Å². The Morgan fingerprint density at radius 1 is 1.42 bits per heavy atom. The number of likely N-dealkylation sites (tertiary alicyclic amines) is 1. The molecule has 1 aromatic rings. The van der Waals surface area contributed by atoms with E-state index in [1.165, 1.54) is 12.1 Å². The Kier molecular flexibility index (Phi) is 8.88. The Morgan fingerprint density at radius 2 is 2.12 bits per heavy atom. The highest BCUT2D eigenvalue weighted by Gasteiger charge is 2.16. The highest BCUT2D eigenvalue weighted by molar-refractivity contribution is 14.0. The van der Waals surface area contributed by atoms with E-state index in [2.05, 4.69) is 22.1 Å². The first-order valence-electron chi connectivity index (χ1n) is 8.18. The zero-order chi connectivity index (χ0) is 16.7. The second kappa shape index (κ2) is 10.4. The van der Waals surface area contributed by atoms with Gasteiger partial charge in [0, 0.05) is 31.7 Å². The fourth-order valence-electron chi connectivity index (χ4n) is 2.56. The number of carbonyl (C=O) groups excluding carboxylic acids is 1. The molecule has 134 valence electrons. The molecule has 1 heterocycles. The quantitative estimate of drug-likeness (QED) is 0.280. The summed E-state index contributed by atoms with van der Waals surface area (Å²) in [5.41, 5.74) is 6.46. The van der Waals surface area contributed by atoms with Gasteiger partial charge in [0.05, 0.1) is 0 Å². The van der Waals surface area contributed by atoms with Gasteiger partial charge >= 0.3 is 0 Å². The van der Waals surface area contributed by atoms with Crippen molar-refractivity contribution in [1.82, 2.24) is 10.2 Å². The van der Waals surface area contributed by atoms with Crippen molar-refractivity contribution in [3.05, 3.63) is 29.8 Å². The minimum absolute atomic E-state index is 0. The first-order valence-corrected chi connectivity index (χ1v) is 8.18. The van der Waals surface area contributed by atoms with E-state index in [1.807, 2.05) is 0 Å². The summed E-state index contributed by atoms with van der Waals surface area (Å²) in [4.78, 5) is 18.4. The van der Waals surface area contributed by atoms with Crippen LogP contribution in [0.4, 0.5) is 0 Å². The van der Waals surface area contributed by atoms with Crippen molar-refractivity contribution in [2.45, 2.75) is 26.2 Å². The van der Waals surface area contributed by atoms with E-state index in [9.17, 15) is 9.90 Å². The molecular formula is C17H27IN4O2. The van der Waals surface area contributed by atoms with Crippen LogP contribution in [0.1, 0.15) is 36.5 Å². The molecule has 1 fully saturated rings. The summed E-state index contributed by atoms with van der Waals surface area (Å²) in [5, 5.41) is 12.2. The van der Waals surface area contributed by atoms with Crippen molar-refractivity contribution in [2.75, 3.05) is 26.2 Å². The smallest absolute Gasteiger partial charge is 0.251 e. The highest BCUT2D eigenvalue weighted by Crippen LogP contribution is 2.15. The molecule has 0 atom stereocenters. The Balaban J connectivity index is 0.00000288. The SMILES string of the molecule is CC1CCN(C(N)=NCCCNC(=O)c2cccc(O)c2)CC1.I. The highest BCUT2D eigenvalue weighted by atomic mass is 127. The lowest BCUT2D eigenvalue weighted by Gasteiger charge is -2.31. The van der Waals surface area contributed by atoms with Gasteiger partial charge in [-0.15, -0.1) is 24.0 Å². The number of guanidine groups is 1. The number of hydrogen-bond donors (Lipinski definition) is 3. The molecule has 1 aromatic carbocycles. The van der Waals surface area contributed by atoms with Crippen molar-refractivity contribution >= 4 is 35.8 Å². The number of halogens is 1. The normalized spacial score (nSPS) is 15.7. The second-order valence-electron chi connectivity index (χ2n) is 6.07. The van der Waals surface area contributed by atoms with Crippen molar-refractivity contribution in [2.24, 2.45) is 16.6 Å². The standard InChI is InChI=1S/C17H26N4O2.HI/c1-13-6-10-21(11-7-13)17(18)20-9-3-8-19-16(23)14-4-2-5-15(22)12-14;/h2,4-5,12-13,22H,3,6-11H2,1H3,(H2,18,20)(H,19,23);1H. The summed E-state index contributed by atoms with van der Waals surface area (Å²) in [6.45, 7) is 5.34. The molecule has 0 spiro atoms. The van der Waals surface area contributed by atoms with E-state index in [1.54, 1.807) is 12.1 Å². The van der Waals surface area contributed by atoms with Crippen molar-refractivity contribution in [1.29, 1.82) is 0 Å². The fraction of sp³-hybridized carbons (Fsp3) is 0.529. The molecule has 0 radical (unpaired) electrons. The van der Waals surface area contributed by atoms with E-state index in [4.69, 9.17) is 5.73 Å². The number of phenols is 1. The summed E-state index contributed by atoms with van der Waals surface area (Å²) >= 11 is 0. The summed E-state index contributed by atoms with van der Waals surface area (Å²) in [6, 6.07) is 6.30. The third kappa shape index (κ3) is 6.54. The van der Waals surface area contributed by atoms with E-state index in [-0.39, 0.29) is 35.6 Å².